The molecule has 0 amide bonds. The summed E-state index contributed by atoms with van der Waals surface area (Å²) in [4.78, 5) is 26.6. The molecule has 22 heavy (non-hydrogen) atoms. The van der Waals surface area contributed by atoms with Gasteiger partial charge >= 0.3 is 11.9 Å². The molecule has 0 spiro atoms. The molecule has 6 nitrogen and oxygen atoms in total. The highest BCUT2D eigenvalue weighted by molar-refractivity contribution is 5.99. The van der Waals surface area contributed by atoms with Gasteiger partial charge in [0.25, 0.3) is 0 Å². The molecule has 1 heterocycles. The largest absolute Gasteiger partial charge is 0.462 e. The van der Waals surface area contributed by atoms with Gasteiger partial charge in [0.1, 0.15) is 18.2 Å². The third kappa shape index (κ3) is 3.85. The van der Waals surface area contributed by atoms with E-state index in [0.717, 1.165) is 0 Å². The second-order valence-electron chi connectivity index (χ2n) is 4.44. The third-order valence-electron chi connectivity index (χ3n) is 2.92. The van der Waals surface area contributed by atoms with Gasteiger partial charge in [0.2, 0.25) is 0 Å². The van der Waals surface area contributed by atoms with Crippen LogP contribution in [0.1, 0.15) is 34.2 Å². The van der Waals surface area contributed by atoms with Crippen molar-refractivity contribution in [2.45, 2.75) is 20.8 Å². The first-order valence-corrected chi connectivity index (χ1v) is 6.72. The number of nitrogens with zero attached hydrogens (tertiary/aromatic N) is 1. The molecule has 0 fully saturated rings. The number of rotatable bonds is 6. The Morgan fingerprint density at radius 3 is 2.59 bits per heavy atom. The molecule has 1 aromatic rings. The van der Waals surface area contributed by atoms with E-state index in [-0.39, 0.29) is 18.8 Å². The van der Waals surface area contributed by atoms with Gasteiger partial charge in [-0.1, -0.05) is 12.7 Å². The Bertz CT molecular complexity index is 662. The predicted octanol–water partition coefficient (Wildman–Crippen LogP) is 2.44. The molecular formula is C16H18N2O4. The number of carbonyl (C=O) groups excluding carboxylic acids is 2. The van der Waals surface area contributed by atoms with E-state index in [1.807, 2.05) is 0 Å². The maximum Gasteiger partial charge on any atom is 0.349 e. The molecule has 1 N–H and O–H groups in total. The lowest BCUT2D eigenvalue weighted by Gasteiger charge is -2.02. The van der Waals surface area contributed by atoms with Crippen molar-refractivity contribution in [3.8, 4) is 6.07 Å². The summed E-state index contributed by atoms with van der Waals surface area (Å²) in [6, 6.07) is 1.79. The number of nitrogens with one attached hydrogen (secondary N) is 1. The number of esters is 2. The molecule has 0 bridgehead atoms. The van der Waals surface area contributed by atoms with Gasteiger partial charge in [-0.05, 0) is 32.4 Å². The van der Waals surface area contributed by atoms with Crippen LogP contribution in [0, 0.1) is 25.2 Å². The number of ether oxygens (including phenoxy) is 2. The molecule has 0 aliphatic heterocycles. The van der Waals surface area contributed by atoms with Gasteiger partial charge in [-0.25, -0.2) is 9.59 Å². The summed E-state index contributed by atoms with van der Waals surface area (Å²) < 4.78 is 9.81. The molecular weight excluding hydrogens is 284 g/mol. The van der Waals surface area contributed by atoms with Gasteiger partial charge in [-0.3, -0.25) is 0 Å². The van der Waals surface area contributed by atoms with Crippen LogP contribution in [0.2, 0.25) is 0 Å². The summed E-state index contributed by atoms with van der Waals surface area (Å²) >= 11 is 0. The highest BCUT2D eigenvalue weighted by Crippen LogP contribution is 2.21. The van der Waals surface area contributed by atoms with E-state index < -0.39 is 11.9 Å². The number of hydrogen-bond donors (Lipinski definition) is 1. The van der Waals surface area contributed by atoms with Crippen molar-refractivity contribution >= 4 is 18.0 Å². The second-order valence-corrected chi connectivity index (χ2v) is 4.44. The summed E-state index contributed by atoms with van der Waals surface area (Å²) in [6.45, 7) is 8.88. The van der Waals surface area contributed by atoms with Gasteiger partial charge < -0.3 is 14.5 Å². The second kappa shape index (κ2) is 7.84. The van der Waals surface area contributed by atoms with Crippen molar-refractivity contribution in [1.29, 1.82) is 5.26 Å². The summed E-state index contributed by atoms with van der Waals surface area (Å²) in [5.41, 5.74) is 1.96. The summed E-state index contributed by atoms with van der Waals surface area (Å²) in [7, 11) is 0. The van der Waals surface area contributed by atoms with Crippen molar-refractivity contribution < 1.29 is 19.1 Å². The number of hydrogen-bond acceptors (Lipinski definition) is 5. The van der Waals surface area contributed by atoms with Crippen LogP contribution >= 0.6 is 0 Å². The molecule has 116 valence electrons. The van der Waals surface area contributed by atoms with Crippen molar-refractivity contribution in [3.63, 3.8) is 0 Å². The number of aromatic amines is 1. The fraction of sp³-hybridized carbons (Fsp3) is 0.312. The first-order valence-electron chi connectivity index (χ1n) is 6.72. The molecule has 6 heteroatoms. The zero-order valence-corrected chi connectivity index (χ0v) is 12.9. The molecule has 0 aliphatic rings. The first kappa shape index (κ1) is 17.2. The van der Waals surface area contributed by atoms with Crippen LogP contribution in [0.4, 0.5) is 0 Å². The summed E-state index contributed by atoms with van der Waals surface area (Å²) in [5.74, 6) is -1.19. The first-order chi connectivity index (χ1) is 10.5. The zero-order chi connectivity index (χ0) is 16.7. The maximum absolute atomic E-state index is 11.9. The minimum absolute atomic E-state index is 0.0225. The fourth-order valence-corrected chi connectivity index (χ4v) is 1.92. The molecule has 0 atom stereocenters. The molecule has 0 aliphatic carbocycles. The fourth-order valence-electron chi connectivity index (χ4n) is 1.92. The molecule has 0 unspecified atom stereocenters. The minimum Gasteiger partial charge on any atom is -0.462 e. The lowest BCUT2D eigenvalue weighted by atomic mass is 10.1. The normalized spacial score (nSPS) is 10.7. The summed E-state index contributed by atoms with van der Waals surface area (Å²) in [6.07, 6.45) is 2.77. The van der Waals surface area contributed by atoms with Gasteiger partial charge in [0, 0.05) is 11.4 Å². The van der Waals surface area contributed by atoms with Crippen molar-refractivity contribution in [3.05, 3.63) is 40.7 Å². The van der Waals surface area contributed by atoms with E-state index >= 15 is 0 Å². The third-order valence-corrected chi connectivity index (χ3v) is 2.92. The van der Waals surface area contributed by atoms with E-state index in [1.165, 1.54) is 12.2 Å². The SMILES string of the molecule is C=CCOC(=O)/C(C#N)=C/c1[nH]c(C)c(C(=O)OCC)c1C. The van der Waals surface area contributed by atoms with Crippen molar-refractivity contribution in [2.75, 3.05) is 13.2 Å². The van der Waals surface area contributed by atoms with Crippen LogP contribution in [0.5, 0.6) is 0 Å². The van der Waals surface area contributed by atoms with E-state index in [9.17, 15) is 9.59 Å². The van der Waals surface area contributed by atoms with Crippen LogP contribution < -0.4 is 0 Å². The van der Waals surface area contributed by atoms with Crippen LogP contribution in [-0.2, 0) is 14.3 Å². The van der Waals surface area contributed by atoms with E-state index in [2.05, 4.69) is 11.6 Å². The van der Waals surface area contributed by atoms with Crippen LogP contribution in [0.3, 0.4) is 0 Å². The number of nitriles is 1. The highest BCUT2D eigenvalue weighted by Gasteiger charge is 2.19. The van der Waals surface area contributed by atoms with Crippen molar-refractivity contribution in [1.82, 2.24) is 4.98 Å². The molecule has 0 aromatic carbocycles. The van der Waals surface area contributed by atoms with Crippen LogP contribution in [-0.4, -0.2) is 30.1 Å². The zero-order valence-electron chi connectivity index (χ0n) is 12.9. The van der Waals surface area contributed by atoms with E-state index in [0.29, 0.717) is 22.5 Å². The lowest BCUT2D eigenvalue weighted by molar-refractivity contribution is -0.137. The number of aromatic nitrogens is 1. The Balaban J connectivity index is 3.17. The van der Waals surface area contributed by atoms with Crippen LogP contribution in [0.25, 0.3) is 6.08 Å². The highest BCUT2D eigenvalue weighted by atomic mass is 16.5. The van der Waals surface area contributed by atoms with Gasteiger partial charge in [-0.2, -0.15) is 5.26 Å². The topological polar surface area (TPSA) is 92.2 Å². The smallest absolute Gasteiger partial charge is 0.349 e. The average molecular weight is 302 g/mol. The predicted molar refractivity (Wildman–Crippen MR) is 81.0 cm³/mol. The average Bonchev–Trinajstić information content (AvgIpc) is 2.76. The quantitative estimate of drug-likeness (QED) is 0.377. The maximum atomic E-state index is 11.9. The number of aryl methyl sites for hydroxylation is 1. The van der Waals surface area contributed by atoms with E-state index in [4.69, 9.17) is 14.7 Å². The molecule has 0 saturated carbocycles. The molecule has 0 radical (unpaired) electrons. The van der Waals surface area contributed by atoms with Crippen molar-refractivity contribution in [2.24, 2.45) is 0 Å². The Morgan fingerprint density at radius 2 is 2.05 bits per heavy atom. The standard InChI is InChI=1S/C16H18N2O4/c1-5-7-22-15(19)12(9-17)8-13-10(3)14(11(4)18-13)16(20)21-6-2/h5,8,18H,1,6-7H2,2-4H3/b12-8+. The Labute approximate surface area is 129 Å². The van der Waals surface area contributed by atoms with E-state index in [1.54, 1.807) is 26.8 Å². The number of carbonyl (C=O) groups is 2. The number of H-pyrrole nitrogens is 1. The van der Waals surface area contributed by atoms with Crippen LogP contribution in [0.15, 0.2) is 18.2 Å². The Hall–Kier alpha value is -2.81. The van der Waals surface area contributed by atoms with Gasteiger partial charge in [0.15, 0.2) is 0 Å². The minimum atomic E-state index is -0.744. The summed E-state index contributed by atoms with van der Waals surface area (Å²) in [5, 5.41) is 9.07. The Morgan fingerprint density at radius 1 is 1.36 bits per heavy atom. The molecule has 1 aromatic heterocycles. The monoisotopic (exact) mass is 302 g/mol. The van der Waals surface area contributed by atoms with Gasteiger partial charge in [0.05, 0.1) is 12.2 Å². The molecule has 1 rings (SSSR count). The molecule has 0 saturated heterocycles. The Kier molecular flexibility index (Phi) is 6.14. The van der Waals surface area contributed by atoms with Gasteiger partial charge in [-0.15, -0.1) is 0 Å². The lowest BCUT2D eigenvalue weighted by Crippen LogP contribution is -2.07.